The Balaban J connectivity index is 1.53. The van der Waals surface area contributed by atoms with Gasteiger partial charge in [-0.05, 0) is 80.8 Å². The lowest BCUT2D eigenvalue weighted by Gasteiger charge is -2.59. The average Bonchev–Trinajstić information content (AvgIpc) is 3.13. The smallest absolute Gasteiger partial charge is 0.303 e. The fourth-order valence-electron chi connectivity index (χ4n) is 8.44. The number of carbonyl (C=O) groups is 3. The molecule has 182 valence electrons. The number of allylic oxidation sites excluding steroid dienone is 1. The zero-order valence-corrected chi connectivity index (χ0v) is 20.2. The monoisotopic (exact) mass is 462 g/mol. The zero-order valence-electron chi connectivity index (χ0n) is 20.2. The van der Waals surface area contributed by atoms with E-state index in [1.165, 1.54) is 6.92 Å². The molecular formula is C26H35FO6. The SMILES string of the molecule is CC(=O)OCC(=O)[C@@]12OC(C)(C)O[C@@H]1C[C@H]1[C@@H]3C[C@H](F)C4=CC(=O)CC[C@]4(C)[C@H]3CC[C@@]12C. The van der Waals surface area contributed by atoms with Gasteiger partial charge >= 0.3 is 5.97 Å². The van der Waals surface area contributed by atoms with E-state index in [1.807, 2.05) is 13.8 Å². The third-order valence-corrected chi connectivity index (χ3v) is 9.75. The first-order valence-electron chi connectivity index (χ1n) is 12.3. The summed E-state index contributed by atoms with van der Waals surface area (Å²) in [5.74, 6) is -1.29. The van der Waals surface area contributed by atoms with Gasteiger partial charge < -0.3 is 14.2 Å². The molecule has 6 nitrogen and oxygen atoms in total. The van der Waals surface area contributed by atoms with E-state index in [4.69, 9.17) is 14.2 Å². The maximum absolute atomic E-state index is 15.6. The lowest BCUT2D eigenvalue weighted by molar-refractivity contribution is -0.217. The summed E-state index contributed by atoms with van der Waals surface area (Å²) in [6, 6.07) is 0. The third-order valence-electron chi connectivity index (χ3n) is 9.75. The van der Waals surface area contributed by atoms with Crippen molar-refractivity contribution in [1.29, 1.82) is 0 Å². The topological polar surface area (TPSA) is 78.9 Å². The van der Waals surface area contributed by atoms with Crippen LogP contribution in [0.2, 0.25) is 0 Å². The number of alkyl halides is 1. The van der Waals surface area contributed by atoms with E-state index in [2.05, 4.69) is 13.8 Å². The third kappa shape index (κ3) is 3.07. The van der Waals surface area contributed by atoms with Gasteiger partial charge in [0.2, 0.25) is 5.78 Å². The highest BCUT2D eigenvalue weighted by Gasteiger charge is 2.76. The van der Waals surface area contributed by atoms with Crippen LogP contribution in [0, 0.1) is 28.6 Å². The van der Waals surface area contributed by atoms with Gasteiger partial charge in [-0.1, -0.05) is 13.8 Å². The number of fused-ring (bicyclic) bond motifs is 7. The molecule has 0 aromatic rings. The first-order chi connectivity index (χ1) is 15.3. The maximum atomic E-state index is 15.6. The predicted octanol–water partition coefficient (Wildman–Crippen LogP) is 4.10. The van der Waals surface area contributed by atoms with Gasteiger partial charge in [0.25, 0.3) is 0 Å². The zero-order chi connectivity index (χ0) is 24.0. The van der Waals surface area contributed by atoms with Gasteiger partial charge in [-0.3, -0.25) is 14.4 Å². The standard InChI is InChI=1S/C26H35FO6/c1-14(28)31-13-21(30)26-22(32-23(2,3)33-26)12-18-16-11-20(27)19-10-15(29)6-8-24(19,4)17(16)7-9-25(18,26)5/h10,16-18,20,22H,6-9,11-13H2,1-5H3/t16-,17+,18+,20+,22-,24-,25+,26-/m1/s1. The van der Waals surface area contributed by atoms with Gasteiger partial charge in [0.1, 0.15) is 6.17 Å². The molecule has 0 N–H and O–H groups in total. The van der Waals surface area contributed by atoms with Gasteiger partial charge in [0.15, 0.2) is 23.8 Å². The molecule has 4 aliphatic carbocycles. The van der Waals surface area contributed by atoms with E-state index >= 15 is 4.39 Å². The molecule has 5 aliphatic rings. The number of hydrogen-bond acceptors (Lipinski definition) is 6. The van der Waals surface area contributed by atoms with Gasteiger partial charge in [-0.15, -0.1) is 0 Å². The van der Waals surface area contributed by atoms with E-state index in [-0.39, 0.29) is 41.3 Å². The predicted molar refractivity (Wildman–Crippen MR) is 117 cm³/mol. The number of Topliss-reactive ketones (excluding diaryl/α,β-unsaturated/α-hetero) is 1. The van der Waals surface area contributed by atoms with E-state index in [9.17, 15) is 14.4 Å². The molecule has 7 heteroatoms. The molecule has 0 unspecified atom stereocenters. The van der Waals surface area contributed by atoms with E-state index in [1.54, 1.807) is 6.08 Å². The molecule has 5 rings (SSSR count). The van der Waals surface area contributed by atoms with Crippen molar-refractivity contribution in [1.82, 2.24) is 0 Å². The Labute approximate surface area is 194 Å². The van der Waals surface area contributed by atoms with Crippen LogP contribution in [-0.2, 0) is 28.6 Å². The lowest BCUT2D eigenvalue weighted by Crippen LogP contribution is -2.61. The van der Waals surface area contributed by atoms with Crippen LogP contribution in [0.5, 0.6) is 0 Å². The summed E-state index contributed by atoms with van der Waals surface area (Å²) in [6.45, 7) is 8.78. The fourth-order valence-corrected chi connectivity index (χ4v) is 8.44. The second-order valence-corrected chi connectivity index (χ2v) is 11.8. The first kappa shape index (κ1) is 23.2. The number of ether oxygens (including phenoxy) is 3. The Hall–Kier alpha value is -1.60. The van der Waals surface area contributed by atoms with Crippen molar-refractivity contribution in [2.75, 3.05) is 6.61 Å². The number of halogens is 1. The molecule has 1 heterocycles. The normalized spacial score (nSPS) is 47.6. The van der Waals surface area contributed by atoms with Crippen molar-refractivity contribution in [3.8, 4) is 0 Å². The summed E-state index contributed by atoms with van der Waals surface area (Å²) >= 11 is 0. The van der Waals surface area contributed by atoms with Crippen molar-refractivity contribution in [3.05, 3.63) is 11.6 Å². The molecular weight excluding hydrogens is 427 g/mol. The maximum Gasteiger partial charge on any atom is 0.303 e. The van der Waals surface area contributed by atoms with E-state index in [0.717, 1.165) is 12.8 Å². The molecule has 0 aromatic heterocycles. The molecule has 1 saturated heterocycles. The number of ketones is 2. The van der Waals surface area contributed by atoms with Crippen molar-refractivity contribution in [3.63, 3.8) is 0 Å². The number of rotatable bonds is 3. The van der Waals surface area contributed by atoms with Gasteiger partial charge in [0, 0.05) is 18.8 Å². The Bertz CT molecular complexity index is 941. The minimum atomic E-state index is -1.22. The molecule has 0 aromatic carbocycles. The molecule has 3 saturated carbocycles. The Morgan fingerprint density at radius 1 is 1.15 bits per heavy atom. The lowest BCUT2D eigenvalue weighted by atomic mass is 9.46. The molecule has 1 aliphatic heterocycles. The van der Waals surface area contributed by atoms with Crippen LogP contribution in [0.4, 0.5) is 4.39 Å². The van der Waals surface area contributed by atoms with E-state index in [0.29, 0.717) is 31.3 Å². The summed E-state index contributed by atoms with van der Waals surface area (Å²) in [7, 11) is 0. The summed E-state index contributed by atoms with van der Waals surface area (Å²) in [4.78, 5) is 37.2. The summed E-state index contributed by atoms with van der Waals surface area (Å²) in [6.07, 6.45) is 3.68. The Morgan fingerprint density at radius 3 is 2.58 bits per heavy atom. The van der Waals surface area contributed by atoms with Crippen LogP contribution in [0.15, 0.2) is 11.6 Å². The molecule has 0 amide bonds. The van der Waals surface area contributed by atoms with Crippen molar-refractivity contribution in [2.45, 2.75) is 96.8 Å². The second kappa shape index (κ2) is 7.20. The number of carbonyl (C=O) groups excluding carboxylic acids is 3. The molecule has 0 radical (unpaired) electrons. The first-order valence-corrected chi connectivity index (χ1v) is 12.3. The molecule has 0 spiro atoms. The second-order valence-electron chi connectivity index (χ2n) is 11.8. The van der Waals surface area contributed by atoms with Gasteiger partial charge in [-0.2, -0.15) is 0 Å². The van der Waals surface area contributed by atoms with Crippen molar-refractivity contribution >= 4 is 17.5 Å². The molecule has 33 heavy (non-hydrogen) atoms. The fraction of sp³-hybridized carbons (Fsp3) is 0.808. The quantitative estimate of drug-likeness (QED) is 0.588. The molecule has 4 fully saturated rings. The Kier molecular flexibility index (Phi) is 5.05. The summed E-state index contributed by atoms with van der Waals surface area (Å²) < 4.78 is 33.4. The molecule has 8 atom stereocenters. The Morgan fingerprint density at radius 2 is 1.88 bits per heavy atom. The van der Waals surface area contributed by atoms with Crippen LogP contribution in [0.3, 0.4) is 0 Å². The largest absolute Gasteiger partial charge is 0.458 e. The highest BCUT2D eigenvalue weighted by Crippen LogP contribution is 2.70. The minimum absolute atomic E-state index is 0.0265. The van der Waals surface area contributed by atoms with Crippen LogP contribution in [0.25, 0.3) is 0 Å². The number of esters is 1. The van der Waals surface area contributed by atoms with E-state index < -0.39 is 35.0 Å². The highest BCUT2D eigenvalue weighted by molar-refractivity contribution is 5.93. The van der Waals surface area contributed by atoms with Crippen molar-refractivity contribution in [2.24, 2.45) is 28.6 Å². The van der Waals surface area contributed by atoms with Gasteiger partial charge in [-0.25, -0.2) is 4.39 Å². The minimum Gasteiger partial charge on any atom is -0.458 e. The van der Waals surface area contributed by atoms with Crippen LogP contribution >= 0.6 is 0 Å². The molecule has 0 bridgehead atoms. The van der Waals surface area contributed by atoms with Crippen LogP contribution in [0.1, 0.15) is 73.1 Å². The van der Waals surface area contributed by atoms with Crippen LogP contribution in [-0.4, -0.2) is 47.8 Å². The van der Waals surface area contributed by atoms with Gasteiger partial charge in [0.05, 0.1) is 6.10 Å². The summed E-state index contributed by atoms with van der Waals surface area (Å²) in [5, 5.41) is 0. The summed E-state index contributed by atoms with van der Waals surface area (Å²) in [5.41, 5.74) is -1.42. The number of hydrogen-bond donors (Lipinski definition) is 0. The van der Waals surface area contributed by atoms with Crippen molar-refractivity contribution < 1.29 is 33.0 Å². The average molecular weight is 463 g/mol. The van der Waals surface area contributed by atoms with Crippen LogP contribution < -0.4 is 0 Å². The highest BCUT2D eigenvalue weighted by atomic mass is 19.1.